The number of hydrogen-bond donors (Lipinski definition) is 0. The SMILES string of the molecule is FC(F)(F)C(Oc1cccc(Br)c1)C(F)(F)F. The molecule has 0 saturated carbocycles. The molecule has 0 saturated heterocycles. The third kappa shape index (κ3) is 4.10. The zero-order chi connectivity index (χ0) is 13.3. The van der Waals surface area contributed by atoms with Crippen molar-refractivity contribution < 1.29 is 31.1 Å². The van der Waals surface area contributed by atoms with Crippen LogP contribution in [-0.4, -0.2) is 18.5 Å². The van der Waals surface area contributed by atoms with Crippen LogP contribution in [0.3, 0.4) is 0 Å². The van der Waals surface area contributed by atoms with Crippen LogP contribution in [0.5, 0.6) is 5.75 Å². The number of alkyl halides is 6. The predicted molar refractivity (Wildman–Crippen MR) is 50.7 cm³/mol. The van der Waals surface area contributed by atoms with Gasteiger partial charge in [-0.2, -0.15) is 26.3 Å². The van der Waals surface area contributed by atoms with E-state index in [9.17, 15) is 26.3 Å². The molecule has 1 aromatic rings. The van der Waals surface area contributed by atoms with E-state index in [2.05, 4.69) is 20.7 Å². The standard InChI is InChI=1S/C9H5BrF6O/c10-5-2-1-3-6(4-5)17-7(8(11,12)13)9(14,15)16/h1-4,7H. The third-order valence-electron chi connectivity index (χ3n) is 1.64. The molecule has 0 aliphatic rings. The Balaban J connectivity index is 2.96. The molecule has 0 bridgehead atoms. The molecule has 1 nitrogen and oxygen atoms in total. The number of hydrogen-bond acceptors (Lipinski definition) is 1. The van der Waals surface area contributed by atoms with Crippen LogP contribution in [0.4, 0.5) is 26.3 Å². The molecule has 0 unspecified atom stereocenters. The van der Waals surface area contributed by atoms with Crippen molar-refractivity contribution in [3.63, 3.8) is 0 Å². The Labute approximate surface area is 101 Å². The van der Waals surface area contributed by atoms with Gasteiger partial charge in [0.05, 0.1) is 0 Å². The summed E-state index contributed by atoms with van der Waals surface area (Å²) >= 11 is 2.91. The van der Waals surface area contributed by atoms with Crippen LogP contribution >= 0.6 is 15.9 Å². The minimum atomic E-state index is -5.51. The first-order chi connectivity index (χ1) is 7.60. The van der Waals surface area contributed by atoms with Gasteiger partial charge in [0.25, 0.3) is 6.10 Å². The van der Waals surface area contributed by atoms with Crippen molar-refractivity contribution in [3.05, 3.63) is 28.7 Å². The van der Waals surface area contributed by atoms with Crippen molar-refractivity contribution >= 4 is 15.9 Å². The first-order valence-electron chi connectivity index (χ1n) is 4.16. The molecule has 0 N–H and O–H groups in total. The summed E-state index contributed by atoms with van der Waals surface area (Å²) in [5.74, 6) is -0.515. The first-order valence-corrected chi connectivity index (χ1v) is 4.95. The third-order valence-corrected chi connectivity index (χ3v) is 2.14. The average Bonchev–Trinajstić information content (AvgIpc) is 2.10. The topological polar surface area (TPSA) is 9.23 Å². The van der Waals surface area contributed by atoms with Crippen LogP contribution in [0, 0.1) is 0 Å². The van der Waals surface area contributed by atoms with E-state index in [1.54, 1.807) is 0 Å². The molecule has 8 heteroatoms. The summed E-state index contributed by atoms with van der Waals surface area (Å²) < 4.78 is 77.1. The second-order valence-corrected chi connectivity index (χ2v) is 3.95. The molecule has 0 radical (unpaired) electrons. The highest BCUT2D eigenvalue weighted by Crippen LogP contribution is 2.36. The van der Waals surface area contributed by atoms with Gasteiger partial charge in [-0.15, -0.1) is 0 Å². The molecule has 0 aromatic heterocycles. The van der Waals surface area contributed by atoms with Crippen molar-refractivity contribution in [2.24, 2.45) is 0 Å². The van der Waals surface area contributed by atoms with Gasteiger partial charge >= 0.3 is 12.4 Å². The lowest BCUT2D eigenvalue weighted by molar-refractivity contribution is -0.299. The van der Waals surface area contributed by atoms with E-state index in [0.717, 1.165) is 12.1 Å². The fraction of sp³-hybridized carbons (Fsp3) is 0.333. The lowest BCUT2D eigenvalue weighted by atomic mass is 10.3. The van der Waals surface area contributed by atoms with E-state index < -0.39 is 24.2 Å². The van der Waals surface area contributed by atoms with E-state index in [0.29, 0.717) is 4.47 Å². The predicted octanol–water partition coefficient (Wildman–Crippen LogP) is 4.32. The summed E-state index contributed by atoms with van der Waals surface area (Å²) in [7, 11) is 0. The summed E-state index contributed by atoms with van der Waals surface area (Å²) in [5.41, 5.74) is 0. The minimum Gasteiger partial charge on any atom is -0.471 e. The maximum absolute atomic E-state index is 12.1. The van der Waals surface area contributed by atoms with Crippen LogP contribution in [-0.2, 0) is 0 Å². The van der Waals surface area contributed by atoms with E-state index in [4.69, 9.17) is 0 Å². The Kier molecular flexibility index (Phi) is 3.95. The highest BCUT2D eigenvalue weighted by molar-refractivity contribution is 9.10. The van der Waals surface area contributed by atoms with Gasteiger partial charge in [0.1, 0.15) is 5.75 Å². The summed E-state index contributed by atoms with van der Waals surface area (Å²) in [5, 5.41) is 0. The fourth-order valence-corrected chi connectivity index (χ4v) is 1.37. The molecule has 0 atom stereocenters. The van der Waals surface area contributed by atoms with Crippen molar-refractivity contribution in [1.29, 1.82) is 0 Å². The van der Waals surface area contributed by atoms with E-state index in [1.165, 1.54) is 12.1 Å². The first kappa shape index (κ1) is 14.1. The van der Waals surface area contributed by atoms with Gasteiger partial charge in [0.2, 0.25) is 0 Å². The summed E-state index contributed by atoms with van der Waals surface area (Å²) in [4.78, 5) is 0. The van der Waals surface area contributed by atoms with Crippen molar-refractivity contribution in [2.75, 3.05) is 0 Å². The number of benzene rings is 1. The zero-order valence-corrected chi connectivity index (χ0v) is 9.53. The molecule has 0 aliphatic heterocycles. The van der Waals surface area contributed by atoms with Crippen LogP contribution in [0.2, 0.25) is 0 Å². The Morgan fingerprint density at radius 2 is 1.53 bits per heavy atom. The lowest BCUT2D eigenvalue weighted by Crippen LogP contribution is -2.46. The molecule has 96 valence electrons. The lowest BCUT2D eigenvalue weighted by Gasteiger charge is -2.23. The normalized spacial score (nSPS) is 12.9. The summed E-state index contributed by atoms with van der Waals surface area (Å²) in [6.07, 6.45) is -14.9. The van der Waals surface area contributed by atoms with Gasteiger partial charge in [0.15, 0.2) is 0 Å². The minimum absolute atomic E-state index is 0.318. The fourth-order valence-electron chi connectivity index (χ4n) is 0.996. The largest absolute Gasteiger partial charge is 0.471 e. The molecule has 0 aliphatic carbocycles. The summed E-state index contributed by atoms with van der Waals surface area (Å²) in [6.45, 7) is 0. The van der Waals surface area contributed by atoms with Crippen molar-refractivity contribution in [1.82, 2.24) is 0 Å². The highest BCUT2D eigenvalue weighted by Gasteiger charge is 2.59. The van der Waals surface area contributed by atoms with Crippen LogP contribution in [0.25, 0.3) is 0 Å². The number of rotatable bonds is 2. The molecule has 1 rings (SSSR count). The van der Waals surface area contributed by atoms with Crippen molar-refractivity contribution in [3.8, 4) is 5.75 Å². The van der Waals surface area contributed by atoms with Gasteiger partial charge in [-0.25, -0.2) is 0 Å². The molecular weight excluding hydrogens is 318 g/mol. The van der Waals surface area contributed by atoms with Gasteiger partial charge < -0.3 is 4.74 Å². The van der Waals surface area contributed by atoms with Crippen LogP contribution in [0.15, 0.2) is 28.7 Å². The highest BCUT2D eigenvalue weighted by atomic mass is 79.9. The molecule has 0 fully saturated rings. The van der Waals surface area contributed by atoms with E-state index in [-0.39, 0.29) is 0 Å². The Morgan fingerprint density at radius 3 is 1.94 bits per heavy atom. The second kappa shape index (κ2) is 4.75. The van der Waals surface area contributed by atoms with Gasteiger partial charge in [-0.3, -0.25) is 0 Å². The smallest absolute Gasteiger partial charge is 0.434 e. The van der Waals surface area contributed by atoms with Gasteiger partial charge in [-0.05, 0) is 18.2 Å². The Hall–Kier alpha value is -0.920. The summed E-state index contributed by atoms with van der Waals surface area (Å²) in [6, 6.07) is 4.74. The monoisotopic (exact) mass is 322 g/mol. The number of ether oxygens (including phenoxy) is 1. The van der Waals surface area contributed by atoms with Gasteiger partial charge in [-0.1, -0.05) is 22.0 Å². The number of halogens is 7. The molecular formula is C9H5BrF6O. The molecule has 17 heavy (non-hydrogen) atoms. The molecule has 1 aromatic carbocycles. The maximum atomic E-state index is 12.1. The van der Waals surface area contributed by atoms with Gasteiger partial charge in [0, 0.05) is 4.47 Å². The van der Waals surface area contributed by atoms with Crippen molar-refractivity contribution in [2.45, 2.75) is 18.5 Å². The molecule has 0 spiro atoms. The quantitative estimate of drug-likeness (QED) is 0.737. The Bertz CT molecular complexity index is 372. The Morgan fingerprint density at radius 1 is 1.00 bits per heavy atom. The van der Waals surface area contributed by atoms with Crippen LogP contribution in [0.1, 0.15) is 0 Å². The maximum Gasteiger partial charge on any atom is 0.434 e. The van der Waals surface area contributed by atoms with E-state index in [1.807, 2.05) is 0 Å². The molecule has 0 amide bonds. The van der Waals surface area contributed by atoms with E-state index >= 15 is 0 Å². The van der Waals surface area contributed by atoms with Crippen LogP contribution < -0.4 is 4.74 Å². The zero-order valence-electron chi connectivity index (χ0n) is 7.94. The second-order valence-electron chi connectivity index (χ2n) is 3.04. The average molecular weight is 323 g/mol. The molecule has 0 heterocycles.